The number of Topliss-reactive ketones (excluding diaryl/α,β-unsaturated/α-hetero) is 1. The normalized spacial score (nSPS) is 10.2. The van der Waals surface area contributed by atoms with Crippen molar-refractivity contribution in [2.75, 3.05) is 10.6 Å². The van der Waals surface area contributed by atoms with E-state index < -0.39 is 0 Å². The summed E-state index contributed by atoms with van der Waals surface area (Å²) in [5.41, 5.74) is 3.67. The zero-order valence-electron chi connectivity index (χ0n) is 15.7. The molecule has 3 rings (SSSR count). The Morgan fingerprint density at radius 2 is 1.21 bits per heavy atom. The van der Waals surface area contributed by atoms with Crippen LogP contribution in [0.1, 0.15) is 43.6 Å². The van der Waals surface area contributed by atoms with Crippen LogP contribution in [0.25, 0.3) is 0 Å². The number of benzene rings is 3. The van der Waals surface area contributed by atoms with Crippen molar-refractivity contribution in [2.24, 2.45) is 0 Å². The summed E-state index contributed by atoms with van der Waals surface area (Å²) in [7, 11) is 0. The summed E-state index contributed by atoms with van der Waals surface area (Å²) >= 11 is 0. The fourth-order valence-electron chi connectivity index (χ4n) is 2.72. The first-order valence-corrected chi connectivity index (χ1v) is 8.83. The Bertz CT molecular complexity index is 1040. The van der Waals surface area contributed by atoms with Crippen molar-refractivity contribution in [3.05, 3.63) is 95.1 Å². The number of anilines is 2. The molecule has 2 amide bonds. The molecule has 0 unspecified atom stereocenters. The molecule has 140 valence electrons. The summed E-state index contributed by atoms with van der Waals surface area (Å²) < 4.78 is 0. The van der Waals surface area contributed by atoms with Crippen LogP contribution in [0.5, 0.6) is 0 Å². The Morgan fingerprint density at radius 1 is 0.643 bits per heavy atom. The van der Waals surface area contributed by atoms with Gasteiger partial charge in [-0.15, -0.1) is 0 Å². The highest BCUT2D eigenvalue weighted by molar-refractivity contribution is 6.07. The van der Waals surface area contributed by atoms with Crippen molar-refractivity contribution in [1.29, 1.82) is 0 Å². The van der Waals surface area contributed by atoms with E-state index in [4.69, 9.17) is 0 Å². The maximum absolute atomic E-state index is 12.5. The minimum Gasteiger partial charge on any atom is -0.322 e. The number of ketones is 1. The zero-order valence-corrected chi connectivity index (χ0v) is 15.7. The highest BCUT2D eigenvalue weighted by Crippen LogP contribution is 2.16. The summed E-state index contributed by atoms with van der Waals surface area (Å²) in [6.07, 6.45) is 0. The first kappa shape index (κ1) is 19.0. The van der Waals surface area contributed by atoms with Gasteiger partial charge in [0.1, 0.15) is 0 Å². The highest BCUT2D eigenvalue weighted by atomic mass is 16.2. The molecule has 0 aromatic heterocycles. The van der Waals surface area contributed by atoms with Gasteiger partial charge in [-0.25, -0.2) is 0 Å². The van der Waals surface area contributed by atoms with E-state index in [1.807, 2.05) is 19.1 Å². The third-order valence-corrected chi connectivity index (χ3v) is 4.21. The van der Waals surface area contributed by atoms with Crippen molar-refractivity contribution in [1.82, 2.24) is 0 Å². The van der Waals surface area contributed by atoms with E-state index in [9.17, 15) is 14.4 Å². The van der Waals surface area contributed by atoms with E-state index in [1.165, 1.54) is 6.92 Å². The molecular weight excluding hydrogens is 352 g/mol. The standard InChI is InChI=1S/C23H20N2O3/c1-15-5-3-6-18(13-15)22(27)25-21-8-4-7-19(14-21)23(28)24-20-11-9-17(10-12-20)16(2)26/h3-14H,1-2H3,(H,24,28)(H,25,27). The van der Waals surface area contributed by atoms with Gasteiger partial charge < -0.3 is 10.6 Å². The Hall–Kier alpha value is -3.73. The van der Waals surface area contributed by atoms with E-state index in [-0.39, 0.29) is 17.6 Å². The average Bonchev–Trinajstić information content (AvgIpc) is 2.68. The van der Waals surface area contributed by atoms with Crippen molar-refractivity contribution >= 4 is 29.0 Å². The topological polar surface area (TPSA) is 75.3 Å². The second-order valence-corrected chi connectivity index (χ2v) is 6.49. The maximum Gasteiger partial charge on any atom is 0.255 e. The number of aryl methyl sites for hydroxylation is 1. The van der Waals surface area contributed by atoms with Crippen LogP contribution in [0.4, 0.5) is 11.4 Å². The fourth-order valence-corrected chi connectivity index (χ4v) is 2.72. The van der Waals surface area contributed by atoms with E-state index in [1.54, 1.807) is 60.7 Å². The van der Waals surface area contributed by atoms with Gasteiger partial charge in [0, 0.05) is 28.1 Å². The minimum absolute atomic E-state index is 0.0325. The lowest BCUT2D eigenvalue weighted by atomic mass is 10.1. The molecule has 0 atom stereocenters. The molecule has 3 aromatic carbocycles. The lowest BCUT2D eigenvalue weighted by Crippen LogP contribution is -2.14. The summed E-state index contributed by atoms with van der Waals surface area (Å²) in [4.78, 5) is 36.2. The van der Waals surface area contributed by atoms with E-state index >= 15 is 0 Å². The zero-order chi connectivity index (χ0) is 20.1. The molecule has 0 heterocycles. The Labute approximate surface area is 163 Å². The molecule has 0 aliphatic heterocycles. The van der Waals surface area contributed by atoms with Gasteiger partial charge in [-0.1, -0.05) is 23.8 Å². The van der Waals surface area contributed by atoms with Gasteiger partial charge in [0.2, 0.25) is 0 Å². The van der Waals surface area contributed by atoms with Crippen LogP contribution < -0.4 is 10.6 Å². The maximum atomic E-state index is 12.5. The fraction of sp³-hybridized carbons (Fsp3) is 0.0870. The molecule has 0 aliphatic rings. The molecule has 0 saturated carbocycles. The van der Waals surface area contributed by atoms with Gasteiger partial charge in [0.05, 0.1) is 0 Å². The van der Waals surface area contributed by atoms with Gasteiger partial charge >= 0.3 is 0 Å². The average molecular weight is 372 g/mol. The van der Waals surface area contributed by atoms with Crippen LogP contribution in [-0.4, -0.2) is 17.6 Å². The van der Waals surface area contributed by atoms with E-state index in [2.05, 4.69) is 10.6 Å². The van der Waals surface area contributed by atoms with Gasteiger partial charge in [-0.3, -0.25) is 14.4 Å². The SMILES string of the molecule is CC(=O)c1ccc(NC(=O)c2cccc(NC(=O)c3cccc(C)c3)c2)cc1. The quantitative estimate of drug-likeness (QED) is 0.637. The minimum atomic E-state index is -0.303. The van der Waals surface area contributed by atoms with Crippen molar-refractivity contribution in [2.45, 2.75) is 13.8 Å². The van der Waals surface area contributed by atoms with Gasteiger partial charge in [-0.2, -0.15) is 0 Å². The lowest BCUT2D eigenvalue weighted by molar-refractivity contribution is 0.101. The second kappa shape index (κ2) is 8.31. The highest BCUT2D eigenvalue weighted by Gasteiger charge is 2.10. The first-order chi connectivity index (χ1) is 13.4. The largest absolute Gasteiger partial charge is 0.322 e. The predicted octanol–water partition coefficient (Wildman–Crippen LogP) is 4.70. The second-order valence-electron chi connectivity index (χ2n) is 6.49. The van der Waals surface area contributed by atoms with Crippen LogP contribution in [0.3, 0.4) is 0 Å². The monoisotopic (exact) mass is 372 g/mol. The molecule has 28 heavy (non-hydrogen) atoms. The Kier molecular flexibility index (Phi) is 5.65. The Morgan fingerprint density at radius 3 is 1.82 bits per heavy atom. The molecule has 0 aliphatic carbocycles. The molecule has 2 N–H and O–H groups in total. The molecule has 3 aromatic rings. The van der Waals surface area contributed by atoms with Crippen LogP contribution >= 0.6 is 0 Å². The number of carbonyl (C=O) groups is 3. The molecule has 0 fully saturated rings. The molecule has 0 radical (unpaired) electrons. The van der Waals surface area contributed by atoms with Crippen LogP contribution in [0.15, 0.2) is 72.8 Å². The molecule has 0 bridgehead atoms. The number of rotatable bonds is 5. The van der Waals surface area contributed by atoms with E-state index in [0.717, 1.165) is 5.56 Å². The number of carbonyl (C=O) groups excluding carboxylic acids is 3. The number of nitrogens with one attached hydrogen (secondary N) is 2. The van der Waals surface area contributed by atoms with Crippen molar-refractivity contribution in [3.63, 3.8) is 0 Å². The van der Waals surface area contributed by atoms with Crippen LogP contribution in [0.2, 0.25) is 0 Å². The summed E-state index contributed by atoms with van der Waals surface area (Å²) in [6.45, 7) is 3.41. The Balaban J connectivity index is 1.70. The molecule has 5 nitrogen and oxygen atoms in total. The molecule has 5 heteroatoms. The number of hydrogen-bond acceptors (Lipinski definition) is 3. The van der Waals surface area contributed by atoms with Crippen molar-refractivity contribution < 1.29 is 14.4 Å². The van der Waals surface area contributed by atoms with Crippen LogP contribution in [0, 0.1) is 6.92 Å². The molecular formula is C23H20N2O3. The predicted molar refractivity (Wildman–Crippen MR) is 110 cm³/mol. The third kappa shape index (κ3) is 4.71. The van der Waals surface area contributed by atoms with Crippen molar-refractivity contribution in [3.8, 4) is 0 Å². The van der Waals surface area contributed by atoms with Gasteiger partial charge in [0.25, 0.3) is 11.8 Å². The smallest absolute Gasteiger partial charge is 0.255 e. The van der Waals surface area contributed by atoms with Crippen LogP contribution in [-0.2, 0) is 0 Å². The summed E-state index contributed by atoms with van der Waals surface area (Å²) in [5.74, 6) is -0.571. The summed E-state index contributed by atoms with van der Waals surface area (Å²) in [6, 6.07) is 20.7. The van der Waals surface area contributed by atoms with Gasteiger partial charge in [0.15, 0.2) is 5.78 Å². The molecule has 0 spiro atoms. The number of hydrogen-bond donors (Lipinski definition) is 2. The van der Waals surface area contributed by atoms with E-state index in [0.29, 0.717) is 28.1 Å². The number of amides is 2. The molecule has 0 saturated heterocycles. The third-order valence-electron chi connectivity index (χ3n) is 4.21. The van der Waals surface area contributed by atoms with Gasteiger partial charge in [-0.05, 0) is 68.4 Å². The first-order valence-electron chi connectivity index (χ1n) is 8.83. The summed E-state index contributed by atoms with van der Waals surface area (Å²) in [5, 5.41) is 5.59. The lowest BCUT2D eigenvalue weighted by Gasteiger charge is -2.09.